The Kier molecular flexibility index (Phi) is 5.59. The van der Waals surface area contributed by atoms with E-state index in [0.29, 0.717) is 23.5 Å². The van der Waals surface area contributed by atoms with E-state index in [2.05, 4.69) is 16.6 Å². The number of anilines is 1. The molecule has 0 aromatic heterocycles. The van der Waals surface area contributed by atoms with Gasteiger partial charge in [-0.2, -0.15) is 0 Å². The number of methoxy groups -OCH3 is 1. The molecule has 0 atom stereocenters. The second kappa shape index (κ2) is 7.65. The summed E-state index contributed by atoms with van der Waals surface area (Å²) in [6.45, 7) is 3.86. The maximum atomic E-state index is 12.4. The van der Waals surface area contributed by atoms with Crippen LogP contribution in [0.2, 0.25) is 0 Å². The number of rotatable bonds is 7. The van der Waals surface area contributed by atoms with Gasteiger partial charge >= 0.3 is 0 Å². The number of amides is 1. The zero-order valence-electron chi connectivity index (χ0n) is 13.2. The summed E-state index contributed by atoms with van der Waals surface area (Å²) in [6.07, 6.45) is 1.56. The number of hydrogen-bond acceptors (Lipinski definition) is 4. The number of benzene rings is 2. The van der Waals surface area contributed by atoms with Gasteiger partial charge in [0.15, 0.2) is 0 Å². The van der Waals surface area contributed by atoms with Crippen LogP contribution in [-0.4, -0.2) is 28.0 Å². The first-order valence-corrected chi connectivity index (χ1v) is 8.60. The summed E-state index contributed by atoms with van der Waals surface area (Å²) in [5.41, 5.74) is 0.795. The van der Waals surface area contributed by atoms with Gasteiger partial charge in [-0.25, -0.2) is 8.42 Å². The highest BCUT2D eigenvalue weighted by atomic mass is 32.2. The zero-order valence-corrected chi connectivity index (χ0v) is 14.0. The minimum atomic E-state index is -3.73. The molecule has 2 rings (SSSR count). The van der Waals surface area contributed by atoms with Crippen LogP contribution in [0.15, 0.2) is 66.1 Å². The Morgan fingerprint density at radius 3 is 2.29 bits per heavy atom. The molecule has 0 radical (unpaired) electrons. The summed E-state index contributed by atoms with van der Waals surface area (Å²) < 4.78 is 32.2. The zero-order chi connectivity index (χ0) is 17.6. The number of carbonyl (C=O) groups is 1. The fourth-order valence-electron chi connectivity index (χ4n) is 1.93. The normalized spacial score (nSPS) is 10.7. The van der Waals surface area contributed by atoms with Gasteiger partial charge in [0.1, 0.15) is 5.75 Å². The van der Waals surface area contributed by atoms with Crippen LogP contribution in [0.3, 0.4) is 0 Å². The first-order valence-electron chi connectivity index (χ1n) is 7.12. The molecular formula is C17H18N2O4S. The molecule has 6 nitrogen and oxygen atoms in total. The Morgan fingerprint density at radius 2 is 1.75 bits per heavy atom. The molecule has 0 aliphatic carbocycles. The molecule has 0 unspecified atom stereocenters. The minimum absolute atomic E-state index is 0.0681. The van der Waals surface area contributed by atoms with Crippen molar-refractivity contribution in [1.82, 2.24) is 5.32 Å². The molecule has 24 heavy (non-hydrogen) atoms. The van der Waals surface area contributed by atoms with Crippen LogP contribution in [0.4, 0.5) is 5.69 Å². The molecule has 2 N–H and O–H groups in total. The summed E-state index contributed by atoms with van der Waals surface area (Å²) in [7, 11) is -2.20. The Balaban J connectivity index is 2.13. The van der Waals surface area contributed by atoms with E-state index < -0.39 is 10.0 Å². The van der Waals surface area contributed by atoms with Crippen LogP contribution in [0.1, 0.15) is 10.4 Å². The summed E-state index contributed by atoms with van der Waals surface area (Å²) in [6, 6.07) is 12.2. The van der Waals surface area contributed by atoms with Crippen molar-refractivity contribution >= 4 is 21.6 Å². The molecule has 126 valence electrons. The van der Waals surface area contributed by atoms with Crippen molar-refractivity contribution in [3.63, 3.8) is 0 Å². The third-order valence-corrected chi connectivity index (χ3v) is 4.57. The second-order valence-electron chi connectivity index (χ2n) is 4.86. The van der Waals surface area contributed by atoms with E-state index in [1.54, 1.807) is 30.3 Å². The maximum absolute atomic E-state index is 12.4. The Hall–Kier alpha value is -2.80. The highest BCUT2D eigenvalue weighted by molar-refractivity contribution is 7.92. The average Bonchev–Trinajstić information content (AvgIpc) is 2.60. The molecule has 7 heteroatoms. The minimum Gasteiger partial charge on any atom is -0.497 e. The standard InChI is InChI=1S/C17H18N2O4S/c1-3-12-18-17(20)13-4-10-16(11-5-13)24(21,22)19-14-6-8-15(23-2)9-7-14/h3-11,19H,1,12H2,2H3,(H,18,20). The first-order chi connectivity index (χ1) is 11.5. The summed E-state index contributed by atoms with van der Waals surface area (Å²) >= 11 is 0. The molecule has 2 aromatic rings. The number of ether oxygens (including phenoxy) is 1. The lowest BCUT2D eigenvalue weighted by atomic mass is 10.2. The van der Waals surface area contributed by atoms with Crippen LogP contribution < -0.4 is 14.8 Å². The van der Waals surface area contributed by atoms with Crippen LogP contribution >= 0.6 is 0 Å². The third-order valence-electron chi connectivity index (χ3n) is 3.18. The van der Waals surface area contributed by atoms with Crippen molar-refractivity contribution < 1.29 is 17.9 Å². The lowest BCUT2D eigenvalue weighted by Crippen LogP contribution is -2.23. The predicted molar refractivity (Wildman–Crippen MR) is 92.8 cm³/mol. The number of sulfonamides is 1. The molecule has 2 aromatic carbocycles. The number of hydrogen-bond donors (Lipinski definition) is 2. The number of nitrogens with one attached hydrogen (secondary N) is 2. The number of carbonyl (C=O) groups excluding carboxylic acids is 1. The highest BCUT2D eigenvalue weighted by Gasteiger charge is 2.15. The molecular weight excluding hydrogens is 328 g/mol. The lowest BCUT2D eigenvalue weighted by molar-refractivity contribution is 0.0958. The average molecular weight is 346 g/mol. The van der Waals surface area contributed by atoms with E-state index in [1.165, 1.54) is 31.4 Å². The summed E-state index contributed by atoms with van der Waals surface area (Å²) in [5.74, 6) is 0.342. The lowest BCUT2D eigenvalue weighted by Gasteiger charge is -2.09. The fraction of sp³-hybridized carbons (Fsp3) is 0.118. The van der Waals surface area contributed by atoms with E-state index >= 15 is 0 Å². The molecule has 0 saturated heterocycles. The fourth-order valence-corrected chi connectivity index (χ4v) is 2.98. The van der Waals surface area contributed by atoms with Gasteiger partial charge in [0.05, 0.1) is 12.0 Å². The SMILES string of the molecule is C=CCNC(=O)c1ccc(S(=O)(=O)Nc2ccc(OC)cc2)cc1. The van der Waals surface area contributed by atoms with E-state index in [4.69, 9.17) is 4.74 Å². The largest absolute Gasteiger partial charge is 0.497 e. The van der Waals surface area contributed by atoms with E-state index in [-0.39, 0.29) is 10.8 Å². The molecule has 0 bridgehead atoms. The van der Waals surface area contributed by atoms with Crippen molar-refractivity contribution in [2.24, 2.45) is 0 Å². The maximum Gasteiger partial charge on any atom is 0.261 e. The van der Waals surface area contributed by atoms with Gasteiger partial charge < -0.3 is 10.1 Å². The van der Waals surface area contributed by atoms with Crippen LogP contribution in [0.5, 0.6) is 5.75 Å². The summed E-state index contributed by atoms with van der Waals surface area (Å²) in [4.78, 5) is 11.8. The molecule has 0 aliphatic heterocycles. The molecule has 0 heterocycles. The van der Waals surface area contributed by atoms with Gasteiger partial charge in [-0.15, -0.1) is 6.58 Å². The molecule has 0 aliphatic rings. The van der Waals surface area contributed by atoms with Crippen molar-refractivity contribution in [3.05, 3.63) is 66.7 Å². The Labute approximate surface area is 141 Å². The third kappa shape index (κ3) is 4.36. The smallest absolute Gasteiger partial charge is 0.261 e. The Bertz CT molecular complexity index is 813. The van der Waals surface area contributed by atoms with Crippen molar-refractivity contribution in [2.45, 2.75) is 4.90 Å². The van der Waals surface area contributed by atoms with Crippen molar-refractivity contribution in [2.75, 3.05) is 18.4 Å². The van der Waals surface area contributed by atoms with Crippen LogP contribution in [0, 0.1) is 0 Å². The topological polar surface area (TPSA) is 84.5 Å². The quantitative estimate of drug-likeness (QED) is 0.754. The van der Waals surface area contributed by atoms with Gasteiger partial charge in [-0.1, -0.05) is 6.08 Å². The monoisotopic (exact) mass is 346 g/mol. The van der Waals surface area contributed by atoms with Crippen molar-refractivity contribution in [1.29, 1.82) is 0 Å². The molecule has 1 amide bonds. The van der Waals surface area contributed by atoms with Gasteiger partial charge in [0.2, 0.25) is 0 Å². The van der Waals surface area contributed by atoms with E-state index in [0.717, 1.165) is 0 Å². The van der Waals surface area contributed by atoms with Crippen LogP contribution in [-0.2, 0) is 10.0 Å². The van der Waals surface area contributed by atoms with Gasteiger partial charge in [-0.3, -0.25) is 9.52 Å². The first kappa shape index (κ1) is 17.6. The summed E-state index contributed by atoms with van der Waals surface area (Å²) in [5, 5.41) is 2.62. The van der Waals surface area contributed by atoms with E-state index in [9.17, 15) is 13.2 Å². The van der Waals surface area contributed by atoms with Crippen molar-refractivity contribution in [3.8, 4) is 5.75 Å². The van der Waals surface area contributed by atoms with Gasteiger partial charge in [-0.05, 0) is 48.5 Å². The molecule has 0 fully saturated rings. The predicted octanol–water partition coefficient (Wildman–Crippen LogP) is 2.41. The van der Waals surface area contributed by atoms with Gasteiger partial charge in [0, 0.05) is 17.8 Å². The van der Waals surface area contributed by atoms with Crippen LogP contribution in [0.25, 0.3) is 0 Å². The molecule has 0 saturated carbocycles. The second-order valence-corrected chi connectivity index (χ2v) is 6.54. The van der Waals surface area contributed by atoms with Gasteiger partial charge in [0.25, 0.3) is 15.9 Å². The molecule has 0 spiro atoms. The Morgan fingerprint density at radius 1 is 1.12 bits per heavy atom. The highest BCUT2D eigenvalue weighted by Crippen LogP contribution is 2.19. The van der Waals surface area contributed by atoms with E-state index in [1.807, 2.05) is 0 Å².